The molecule has 58 heavy (non-hydrogen) atoms. The molecule has 0 radical (unpaired) electrons. The van der Waals surface area contributed by atoms with Crippen LogP contribution in [-0.2, 0) is 0 Å². The Morgan fingerprint density at radius 2 is 0.707 bits per heavy atom. The fraction of sp³-hybridized carbons (Fsp3) is 0. The first kappa shape index (κ1) is 31.5. The minimum Gasteiger partial charge on any atom is -0.455 e. The number of furan rings is 2. The lowest BCUT2D eigenvalue weighted by atomic mass is 9.85. The summed E-state index contributed by atoms with van der Waals surface area (Å²) >= 11 is 0. The van der Waals surface area contributed by atoms with Crippen molar-refractivity contribution in [3.63, 3.8) is 0 Å². The summed E-state index contributed by atoms with van der Waals surface area (Å²) in [5.74, 6) is 0. The molecular formula is C56H32O2. The largest absolute Gasteiger partial charge is 0.455 e. The maximum Gasteiger partial charge on any atom is 0.147 e. The molecule has 0 aliphatic rings. The van der Waals surface area contributed by atoms with E-state index in [1.807, 2.05) is 12.1 Å². The third-order valence-corrected chi connectivity index (χ3v) is 12.4. The molecule has 0 amide bonds. The molecule has 2 nitrogen and oxygen atoms in total. The lowest BCUT2D eigenvalue weighted by Crippen LogP contribution is -1.91. The van der Waals surface area contributed by atoms with Crippen molar-refractivity contribution in [2.75, 3.05) is 0 Å². The average molecular weight is 737 g/mol. The van der Waals surface area contributed by atoms with Crippen LogP contribution in [0.3, 0.4) is 0 Å². The van der Waals surface area contributed by atoms with E-state index in [9.17, 15) is 0 Å². The van der Waals surface area contributed by atoms with E-state index in [1.54, 1.807) is 0 Å². The van der Waals surface area contributed by atoms with Crippen LogP contribution in [0.1, 0.15) is 0 Å². The van der Waals surface area contributed by atoms with Crippen molar-refractivity contribution in [2.24, 2.45) is 0 Å². The number of fused-ring (bicyclic) bond motifs is 12. The maximum absolute atomic E-state index is 6.82. The van der Waals surface area contributed by atoms with E-state index in [0.29, 0.717) is 0 Å². The molecule has 11 aromatic carbocycles. The number of rotatable bonds is 3. The second kappa shape index (κ2) is 11.9. The van der Waals surface area contributed by atoms with Gasteiger partial charge < -0.3 is 8.83 Å². The number of hydrogen-bond acceptors (Lipinski definition) is 2. The Labute approximate surface area is 332 Å². The van der Waals surface area contributed by atoms with Crippen LogP contribution in [-0.4, -0.2) is 0 Å². The van der Waals surface area contributed by atoms with E-state index in [2.05, 4.69) is 182 Å². The predicted molar refractivity (Wildman–Crippen MR) is 245 cm³/mol. The van der Waals surface area contributed by atoms with Crippen molar-refractivity contribution in [1.29, 1.82) is 0 Å². The quantitative estimate of drug-likeness (QED) is 0.169. The van der Waals surface area contributed by atoms with E-state index < -0.39 is 0 Å². The van der Waals surface area contributed by atoms with Gasteiger partial charge in [-0.3, -0.25) is 0 Å². The summed E-state index contributed by atoms with van der Waals surface area (Å²) in [6.07, 6.45) is 0. The summed E-state index contributed by atoms with van der Waals surface area (Å²) in [7, 11) is 0. The van der Waals surface area contributed by atoms with Gasteiger partial charge in [0.05, 0.1) is 5.39 Å². The molecule has 0 bridgehead atoms. The minimum atomic E-state index is 0.828. The molecule has 13 aromatic rings. The first-order chi connectivity index (χ1) is 28.7. The lowest BCUT2D eigenvalue weighted by Gasteiger charge is -2.18. The average Bonchev–Trinajstić information content (AvgIpc) is 3.85. The zero-order chi connectivity index (χ0) is 37.9. The third kappa shape index (κ3) is 4.48. The lowest BCUT2D eigenvalue weighted by molar-refractivity contribution is 0.663. The van der Waals surface area contributed by atoms with Crippen molar-refractivity contribution < 1.29 is 8.83 Å². The van der Waals surface area contributed by atoms with Crippen LogP contribution in [0, 0.1) is 0 Å². The summed E-state index contributed by atoms with van der Waals surface area (Å²) in [5, 5.41) is 16.5. The van der Waals surface area contributed by atoms with Gasteiger partial charge in [-0.1, -0.05) is 152 Å². The highest BCUT2D eigenvalue weighted by atomic mass is 16.3. The minimum absolute atomic E-state index is 0.828. The SMILES string of the molecule is c1ccc2cc(-c3c4ccccc4c(-c4ccc5cc(-c6c7ccccc7cc7c6oc6ccc8c9ccccc9oc8c67)ccc5c4)c4ccccc34)ccc2c1. The molecule has 0 aliphatic carbocycles. The van der Waals surface area contributed by atoms with E-state index >= 15 is 0 Å². The Balaban J connectivity index is 1.01. The molecule has 0 unspecified atom stereocenters. The van der Waals surface area contributed by atoms with Crippen LogP contribution < -0.4 is 0 Å². The second-order valence-electron chi connectivity index (χ2n) is 15.5. The molecule has 13 rings (SSSR count). The van der Waals surface area contributed by atoms with Gasteiger partial charge in [0.1, 0.15) is 22.3 Å². The number of hydrogen-bond donors (Lipinski definition) is 0. The van der Waals surface area contributed by atoms with E-state index in [4.69, 9.17) is 8.83 Å². The van der Waals surface area contributed by atoms with Crippen molar-refractivity contribution in [1.82, 2.24) is 0 Å². The van der Waals surface area contributed by atoms with Crippen LogP contribution in [0.5, 0.6) is 0 Å². The summed E-state index contributed by atoms with van der Waals surface area (Å²) in [6, 6.07) is 70.5. The van der Waals surface area contributed by atoms with Gasteiger partial charge in [0.25, 0.3) is 0 Å². The van der Waals surface area contributed by atoms with Gasteiger partial charge in [0.15, 0.2) is 0 Å². The van der Waals surface area contributed by atoms with Gasteiger partial charge in [-0.25, -0.2) is 0 Å². The highest BCUT2D eigenvalue weighted by Crippen LogP contribution is 2.47. The zero-order valence-electron chi connectivity index (χ0n) is 31.3. The highest BCUT2D eigenvalue weighted by Gasteiger charge is 2.22. The van der Waals surface area contributed by atoms with Crippen molar-refractivity contribution in [3.8, 4) is 33.4 Å². The second-order valence-corrected chi connectivity index (χ2v) is 15.5. The Morgan fingerprint density at radius 1 is 0.241 bits per heavy atom. The van der Waals surface area contributed by atoms with E-state index in [-0.39, 0.29) is 0 Å². The smallest absolute Gasteiger partial charge is 0.147 e. The monoisotopic (exact) mass is 736 g/mol. The Hall–Kier alpha value is -7.68. The van der Waals surface area contributed by atoms with Crippen LogP contribution in [0.2, 0.25) is 0 Å². The molecular weight excluding hydrogens is 705 g/mol. The summed E-state index contributed by atoms with van der Waals surface area (Å²) in [5.41, 5.74) is 10.7. The Morgan fingerprint density at radius 3 is 1.34 bits per heavy atom. The highest BCUT2D eigenvalue weighted by molar-refractivity contribution is 6.27. The topological polar surface area (TPSA) is 26.3 Å². The molecule has 0 spiro atoms. The number of benzene rings is 11. The first-order valence-electron chi connectivity index (χ1n) is 19.9. The van der Waals surface area contributed by atoms with Gasteiger partial charge in [0.2, 0.25) is 0 Å². The molecule has 268 valence electrons. The van der Waals surface area contributed by atoms with Gasteiger partial charge in [-0.2, -0.15) is 0 Å². The van der Waals surface area contributed by atoms with Gasteiger partial charge in [-0.15, -0.1) is 0 Å². The van der Waals surface area contributed by atoms with Gasteiger partial charge in [0, 0.05) is 21.7 Å². The Kier molecular flexibility index (Phi) is 6.47. The molecule has 0 saturated carbocycles. The van der Waals surface area contributed by atoms with Crippen LogP contribution >= 0.6 is 0 Å². The van der Waals surface area contributed by atoms with Crippen molar-refractivity contribution in [2.45, 2.75) is 0 Å². The summed E-state index contributed by atoms with van der Waals surface area (Å²) in [4.78, 5) is 0. The summed E-state index contributed by atoms with van der Waals surface area (Å²) < 4.78 is 13.4. The van der Waals surface area contributed by atoms with Crippen LogP contribution in [0.25, 0.3) is 131 Å². The molecule has 0 fully saturated rings. The first-order valence-corrected chi connectivity index (χ1v) is 19.9. The molecule has 2 heteroatoms. The van der Waals surface area contributed by atoms with Crippen molar-refractivity contribution in [3.05, 3.63) is 194 Å². The third-order valence-electron chi connectivity index (χ3n) is 12.4. The molecule has 0 atom stereocenters. The van der Waals surface area contributed by atoms with E-state index in [1.165, 1.54) is 70.7 Å². The normalized spacial score (nSPS) is 12.1. The van der Waals surface area contributed by atoms with Crippen LogP contribution in [0.15, 0.2) is 203 Å². The van der Waals surface area contributed by atoms with Gasteiger partial charge >= 0.3 is 0 Å². The molecule has 0 aliphatic heterocycles. The summed E-state index contributed by atoms with van der Waals surface area (Å²) in [6.45, 7) is 0. The predicted octanol–water partition coefficient (Wildman–Crippen LogP) is 16.3. The fourth-order valence-electron chi connectivity index (χ4n) is 9.78. The maximum atomic E-state index is 6.82. The fourth-order valence-corrected chi connectivity index (χ4v) is 9.78. The Bertz CT molecular complexity index is 3800. The molecule has 2 aromatic heterocycles. The number of para-hydroxylation sites is 1. The van der Waals surface area contributed by atoms with Gasteiger partial charge in [-0.05, 0) is 124 Å². The standard InChI is InChI=1S/C56H32O2/c1-2-12-34-29-38(24-21-33(34)11-1)51-43-16-5-7-18-45(43)52(46-19-8-6-17-44(46)51)39-25-22-36-31-40(26-23-35(36)30-39)53-41-14-4-3-13-37(41)32-48-54-50(58-56(48)53)28-27-47-42-15-9-10-20-49(42)57-55(47)54/h1-32H. The van der Waals surface area contributed by atoms with Crippen LogP contribution in [0.4, 0.5) is 0 Å². The molecule has 0 N–H and O–H groups in total. The zero-order valence-corrected chi connectivity index (χ0v) is 31.3. The van der Waals surface area contributed by atoms with Crippen molar-refractivity contribution >= 4 is 97.7 Å². The molecule has 2 heterocycles. The molecule has 0 saturated heterocycles. The van der Waals surface area contributed by atoms with E-state index in [0.717, 1.165) is 60.4 Å².